The molecule has 0 aromatic heterocycles. The standard InChI is InChI=1S/C17H16/c1-2-7-14(8-3-1)17-12-15(17)11-10-13-6-4-5-9-16(13)17/h1-9,15H,10-12H2/t15?,17-/m0/s1. The Morgan fingerprint density at radius 3 is 2.53 bits per heavy atom. The van der Waals surface area contributed by atoms with Gasteiger partial charge in [-0.2, -0.15) is 0 Å². The average molecular weight is 220 g/mol. The van der Waals surface area contributed by atoms with Gasteiger partial charge in [0.05, 0.1) is 0 Å². The molecular formula is C17H16. The Balaban J connectivity index is 1.92. The summed E-state index contributed by atoms with van der Waals surface area (Å²) in [5, 5.41) is 0. The molecule has 2 aromatic carbocycles. The smallest absolute Gasteiger partial charge is 0.0237 e. The Hall–Kier alpha value is -1.56. The van der Waals surface area contributed by atoms with E-state index in [9.17, 15) is 0 Å². The molecule has 0 saturated heterocycles. The quantitative estimate of drug-likeness (QED) is 0.683. The summed E-state index contributed by atoms with van der Waals surface area (Å²) in [5.74, 6) is 0.889. The van der Waals surface area contributed by atoms with Gasteiger partial charge in [0.15, 0.2) is 0 Å². The Kier molecular flexibility index (Phi) is 1.80. The molecule has 0 aliphatic heterocycles. The van der Waals surface area contributed by atoms with Crippen LogP contribution < -0.4 is 0 Å². The first-order valence-corrected chi connectivity index (χ1v) is 6.55. The highest BCUT2D eigenvalue weighted by Crippen LogP contribution is 2.63. The summed E-state index contributed by atoms with van der Waals surface area (Å²) in [5.41, 5.74) is 5.07. The molecule has 84 valence electrons. The number of fused-ring (bicyclic) bond motifs is 3. The second-order valence-corrected chi connectivity index (χ2v) is 5.43. The Bertz CT molecular complexity index is 555. The van der Waals surface area contributed by atoms with Crippen LogP contribution in [0.25, 0.3) is 0 Å². The molecule has 2 atom stereocenters. The predicted octanol–water partition coefficient (Wildman–Crippen LogP) is 3.94. The first-order valence-electron chi connectivity index (χ1n) is 6.55. The van der Waals surface area contributed by atoms with E-state index < -0.39 is 0 Å². The van der Waals surface area contributed by atoms with Crippen LogP contribution in [0, 0.1) is 5.92 Å². The highest BCUT2D eigenvalue weighted by atomic mass is 14.6. The summed E-state index contributed by atoms with van der Waals surface area (Å²) >= 11 is 0. The first-order chi connectivity index (χ1) is 8.41. The van der Waals surface area contributed by atoms with E-state index in [0.29, 0.717) is 5.41 Å². The van der Waals surface area contributed by atoms with Crippen molar-refractivity contribution in [1.82, 2.24) is 0 Å². The predicted molar refractivity (Wildman–Crippen MR) is 70.1 cm³/mol. The van der Waals surface area contributed by atoms with Gasteiger partial charge in [0.2, 0.25) is 0 Å². The van der Waals surface area contributed by atoms with Crippen molar-refractivity contribution in [2.24, 2.45) is 5.92 Å². The van der Waals surface area contributed by atoms with Crippen LogP contribution in [-0.4, -0.2) is 0 Å². The van der Waals surface area contributed by atoms with Gasteiger partial charge in [-0.1, -0.05) is 54.6 Å². The lowest BCUT2D eigenvalue weighted by atomic mass is 9.78. The largest absolute Gasteiger partial charge is 0.0622 e. The zero-order valence-electron chi connectivity index (χ0n) is 9.89. The van der Waals surface area contributed by atoms with Gasteiger partial charge >= 0.3 is 0 Å². The Morgan fingerprint density at radius 2 is 1.65 bits per heavy atom. The first kappa shape index (κ1) is 9.47. The maximum absolute atomic E-state index is 2.35. The molecule has 0 radical (unpaired) electrons. The molecule has 4 rings (SSSR count). The molecule has 17 heavy (non-hydrogen) atoms. The molecule has 1 unspecified atom stereocenters. The van der Waals surface area contributed by atoms with Gasteiger partial charge in [0.25, 0.3) is 0 Å². The van der Waals surface area contributed by atoms with E-state index in [1.54, 1.807) is 11.1 Å². The maximum Gasteiger partial charge on any atom is 0.0237 e. The fourth-order valence-electron chi connectivity index (χ4n) is 3.76. The van der Waals surface area contributed by atoms with E-state index in [1.807, 2.05) is 0 Å². The molecule has 0 heteroatoms. The fourth-order valence-corrected chi connectivity index (χ4v) is 3.76. The third kappa shape index (κ3) is 1.18. The third-order valence-corrected chi connectivity index (χ3v) is 4.65. The van der Waals surface area contributed by atoms with Gasteiger partial charge in [-0.05, 0) is 41.9 Å². The van der Waals surface area contributed by atoms with Crippen molar-refractivity contribution < 1.29 is 0 Å². The van der Waals surface area contributed by atoms with Gasteiger partial charge in [-0.3, -0.25) is 0 Å². The van der Waals surface area contributed by atoms with Crippen molar-refractivity contribution in [3.63, 3.8) is 0 Å². The van der Waals surface area contributed by atoms with E-state index in [2.05, 4.69) is 54.6 Å². The average Bonchev–Trinajstić information content (AvgIpc) is 3.16. The highest BCUT2D eigenvalue weighted by Gasteiger charge is 2.58. The minimum absolute atomic E-state index is 0.371. The van der Waals surface area contributed by atoms with Crippen LogP contribution in [0.15, 0.2) is 54.6 Å². The number of rotatable bonds is 1. The summed E-state index contributed by atoms with van der Waals surface area (Å²) in [6, 6.07) is 20.1. The van der Waals surface area contributed by atoms with E-state index in [0.717, 1.165) is 5.92 Å². The molecule has 0 amide bonds. The lowest BCUT2D eigenvalue weighted by Gasteiger charge is -2.26. The van der Waals surface area contributed by atoms with Crippen LogP contribution in [-0.2, 0) is 11.8 Å². The summed E-state index contributed by atoms with van der Waals surface area (Å²) in [7, 11) is 0. The van der Waals surface area contributed by atoms with Crippen molar-refractivity contribution in [3.05, 3.63) is 71.3 Å². The second-order valence-electron chi connectivity index (χ2n) is 5.43. The molecule has 0 nitrogen and oxygen atoms in total. The Morgan fingerprint density at radius 1 is 0.882 bits per heavy atom. The number of aryl methyl sites for hydroxylation is 1. The minimum Gasteiger partial charge on any atom is -0.0622 e. The zero-order valence-corrected chi connectivity index (χ0v) is 9.89. The lowest BCUT2D eigenvalue weighted by Crippen LogP contribution is -2.19. The summed E-state index contributed by atoms with van der Waals surface area (Å²) < 4.78 is 0. The molecule has 0 heterocycles. The van der Waals surface area contributed by atoms with Crippen LogP contribution in [0.4, 0.5) is 0 Å². The van der Waals surface area contributed by atoms with Crippen LogP contribution in [0.5, 0.6) is 0 Å². The number of benzene rings is 2. The van der Waals surface area contributed by atoms with Gasteiger partial charge in [-0.15, -0.1) is 0 Å². The normalized spacial score (nSPS) is 29.3. The molecule has 0 N–H and O–H groups in total. The topological polar surface area (TPSA) is 0 Å². The van der Waals surface area contributed by atoms with Crippen molar-refractivity contribution in [3.8, 4) is 0 Å². The molecule has 1 fully saturated rings. The van der Waals surface area contributed by atoms with Crippen molar-refractivity contribution in [1.29, 1.82) is 0 Å². The van der Waals surface area contributed by atoms with E-state index in [4.69, 9.17) is 0 Å². The van der Waals surface area contributed by atoms with Gasteiger partial charge in [0, 0.05) is 5.41 Å². The molecule has 0 bridgehead atoms. The summed E-state index contributed by atoms with van der Waals surface area (Å²) in [4.78, 5) is 0. The van der Waals surface area contributed by atoms with E-state index in [-0.39, 0.29) is 0 Å². The van der Waals surface area contributed by atoms with Crippen LogP contribution in [0.1, 0.15) is 29.5 Å². The van der Waals surface area contributed by atoms with Crippen LogP contribution >= 0.6 is 0 Å². The molecule has 2 aliphatic rings. The van der Waals surface area contributed by atoms with Crippen molar-refractivity contribution in [2.75, 3.05) is 0 Å². The molecule has 2 aliphatic carbocycles. The Labute approximate surface area is 102 Å². The third-order valence-electron chi connectivity index (χ3n) is 4.65. The van der Waals surface area contributed by atoms with Crippen LogP contribution in [0.3, 0.4) is 0 Å². The minimum atomic E-state index is 0.371. The van der Waals surface area contributed by atoms with Gasteiger partial charge in [-0.25, -0.2) is 0 Å². The fraction of sp³-hybridized carbons (Fsp3) is 0.294. The van der Waals surface area contributed by atoms with Gasteiger partial charge in [0.1, 0.15) is 0 Å². The number of hydrogen-bond donors (Lipinski definition) is 0. The van der Waals surface area contributed by atoms with E-state index in [1.165, 1.54) is 24.8 Å². The highest BCUT2D eigenvalue weighted by molar-refractivity contribution is 5.52. The lowest BCUT2D eigenvalue weighted by molar-refractivity contribution is 0.596. The maximum atomic E-state index is 2.35. The number of hydrogen-bond acceptors (Lipinski definition) is 0. The molecular weight excluding hydrogens is 204 g/mol. The SMILES string of the molecule is c1ccc([C@@]23CC2CCc2ccccc23)cc1. The summed E-state index contributed by atoms with van der Waals surface area (Å²) in [6.07, 6.45) is 4.00. The molecule has 0 spiro atoms. The van der Waals surface area contributed by atoms with E-state index >= 15 is 0 Å². The zero-order chi connectivity index (χ0) is 11.3. The monoisotopic (exact) mass is 220 g/mol. The molecule has 2 aromatic rings. The van der Waals surface area contributed by atoms with Crippen LogP contribution in [0.2, 0.25) is 0 Å². The van der Waals surface area contributed by atoms with Gasteiger partial charge < -0.3 is 0 Å². The summed E-state index contributed by atoms with van der Waals surface area (Å²) in [6.45, 7) is 0. The second kappa shape index (κ2) is 3.22. The van der Waals surface area contributed by atoms with Crippen molar-refractivity contribution >= 4 is 0 Å². The molecule has 1 saturated carbocycles. The van der Waals surface area contributed by atoms with Crippen molar-refractivity contribution in [2.45, 2.75) is 24.7 Å².